The highest BCUT2D eigenvalue weighted by Crippen LogP contribution is 2.33. The molecule has 0 bridgehead atoms. The highest BCUT2D eigenvalue weighted by atomic mass is 16.5. The van der Waals surface area contributed by atoms with Crippen LogP contribution in [0, 0.1) is 6.92 Å². The summed E-state index contributed by atoms with van der Waals surface area (Å²) in [6, 6.07) is 15.1. The minimum atomic E-state index is -1.02. The van der Waals surface area contributed by atoms with Gasteiger partial charge in [-0.15, -0.1) is 0 Å². The fourth-order valence-corrected chi connectivity index (χ4v) is 4.65. The first-order valence-electron chi connectivity index (χ1n) is 12.5. The highest BCUT2D eigenvalue weighted by Gasteiger charge is 2.29. The lowest BCUT2D eigenvalue weighted by molar-refractivity contribution is -0.137. The monoisotopic (exact) mass is 516 g/mol. The van der Waals surface area contributed by atoms with Gasteiger partial charge in [-0.3, -0.25) is 19.4 Å². The van der Waals surface area contributed by atoms with Gasteiger partial charge >= 0.3 is 5.97 Å². The summed E-state index contributed by atoms with van der Waals surface area (Å²) < 4.78 is 5.67. The molecule has 2 heterocycles. The van der Waals surface area contributed by atoms with Crippen LogP contribution >= 0.6 is 0 Å². The Labute approximate surface area is 221 Å². The van der Waals surface area contributed by atoms with E-state index in [4.69, 9.17) is 4.74 Å². The van der Waals surface area contributed by atoms with Crippen molar-refractivity contribution in [3.63, 3.8) is 0 Å². The average Bonchev–Trinajstić information content (AvgIpc) is 2.89. The molecule has 2 aromatic carbocycles. The standard InChI is InChI=1S/C29H32N4O5/c1-18-4-6-21(7-5-18)24(15-27(34)35)31-29(37)23-8-9-26(33-19(2)16-38-17-20(33)3)25(14-23)32-28(36)22-10-12-30-13-11-22/h4-14,19-20,24H,15-17H2,1-3H3,(H,31,37)(H,32,36)(H,34,35). The average molecular weight is 517 g/mol. The summed E-state index contributed by atoms with van der Waals surface area (Å²) in [5.41, 5.74) is 3.72. The van der Waals surface area contributed by atoms with E-state index in [-0.39, 0.29) is 24.4 Å². The molecule has 9 nitrogen and oxygen atoms in total. The summed E-state index contributed by atoms with van der Waals surface area (Å²) in [6.45, 7) is 7.11. The number of amides is 2. The molecule has 3 aromatic rings. The zero-order chi connectivity index (χ0) is 27.2. The van der Waals surface area contributed by atoms with Crippen molar-refractivity contribution >= 4 is 29.2 Å². The van der Waals surface area contributed by atoms with Crippen molar-refractivity contribution in [2.45, 2.75) is 45.3 Å². The molecular formula is C29H32N4O5. The maximum absolute atomic E-state index is 13.3. The van der Waals surface area contributed by atoms with Crippen LogP contribution in [0.25, 0.3) is 0 Å². The summed E-state index contributed by atoms with van der Waals surface area (Å²) in [6.07, 6.45) is 2.82. The van der Waals surface area contributed by atoms with E-state index in [2.05, 4.69) is 20.5 Å². The summed E-state index contributed by atoms with van der Waals surface area (Å²) in [4.78, 5) is 44.1. The van der Waals surface area contributed by atoms with E-state index in [1.165, 1.54) is 0 Å². The Hall–Kier alpha value is -4.24. The van der Waals surface area contributed by atoms with Crippen LogP contribution in [0.3, 0.4) is 0 Å². The number of pyridine rings is 1. The number of nitrogens with one attached hydrogen (secondary N) is 2. The van der Waals surface area contributed by atoms with Crippen LogP contribution in [0.2, 0.25) is 0 Å². The molecule has 4 rings (SSSR count). The van der Waals surface area contributed by atoms with E-state index in [1.54, 1.807) is 36.7 Å². The molecular weight excluding hydrogens is 484 g/mol. The third kappa shape index (κ3) is 6.36. The number of rotatable bonds is 8. The first-order valence-corrected chi connectivity index (χ1v) is 12.5. The number of hydrogen-bond donors (Lipinski definition) is 3. The fraction of sp³-hybridized carbons (Fsp3) is 0.310. The van der Waals surface area contributed by atoms with Crippen LogP contribution in [0.5, 0.6) is 0 Å². The van der Waals surface area contributed by atoms with Gasteiger partial charge in [-0.2, -0.15) is 0 Å². The molecule has 9 heteroatoms. The lowest BCUT2D eigenvalue weighted by Gasteiger charge is -2.41. The Kier molecular flexibility index (Phi) is 8.38. The van der Waals surface area contributed by atoms with Crippen LogP contribution < -0.4 is 15.5 Å². The van der Waals surface area contributed by atoms with E-state index in [9.17, 15) is 19.5 Å². The highest BCUT2D eigenvalue weighted by molar-refractivity contribution is 6.07. The number of aliphatic carboxylic acids is 1. The second kappa shape index (κ2) is 11.9. The van der Waals surface area contributed by atoms with E-state index in [1.807, 2.05) is 51.1 Å². The molecule has 3 N–H and O–H groups in total. The number of nitrogens with zero attached hydrogens (tertiary/aromatic N) is 2. The normalized spacial score (nSPS) is 17.9. The smallest absolute Gasteiger partial charge is 0.305 e. The van der Waals surface area contributed by atoms with E-state index >= 15 is 0 Å². The van der Waals surface area contributed by atoms with E-state index < -0.39 is 17.9 Å². The van der Waals surface area contributed by atoms with Gasteiger partial charge in [-0.1, -0.05) is 29.8 Å². The van der Waals surface area contributed by atoms with Crippen molar-refractivity contribution in [1.29, 1.82) is 0 Å². The number of aromatic nitrogens is 1. The predicted octanol–water partition coefficient (Wildman–Crippen LogP) is 4.20. The van der Waals surface area contributed by atoms with Gasteiger partial charge < -0.3 is 25.4 Å². The fourth-order valence-electron chi connectivity index (χ4n) is 4.65. The van der Waals surface area contributed by atoms with Crippen molar-refractivity contribution in [3.8, 4) is 0 Å². The van der Waals surface area contributed by atoms with Crippen molar-refractivity contribution in [3.05, 3.63) is 89.2 Å². The molecule has 1 aliphatic rings. The molecule has 2 amide bonds. The number of carbonyl (C=O) groups is 3. The number of anilines is 2. The van der Waals surface area contributed by atoms with Gasteiger partial charge in [-0.05, 0) is 56.7 Å². The van der Waals surface area contributed by atoms with Crippen molar-refractivity contribution in [1.82, 2.24) is 10.3 Å². The van der Waals surface area contributed by atoms with Gasteiger partial charge in [0, 0.05) is 35.6 Å². The summed E-state index contributed by atoms with van der Waals surface area (Å²) in [5, 5.41) is 15.3. The molecule has 1 aliphatic heterocycles. The Morgan fingerprint density at radius 3 is 2.26 bits per heavy atom. The lowest BCUT2D eigenvalue weighted by Crippen LogP contribution is -2.50. The Bertz CT molecular complexity index is 1290. The minimum Gasteiger partial charge on any atom is -0.481 e. The van der Waals surface area contributed by atoms with Gasteiger partial charge in [0.05, 0.1) is 37.1 Å². The minimum absolute atomic E-state index is 0.0523. The van der Waals surface area contributed by atoms with E-state index in [0.717, 1.165) is 11.3 Å². The number of carbonyl (C=O) groups excluding carboxylic acids is 2. The SMILES string of the molecule is Cc1ccc(C(CC(=O)O)NC(=O)c2ccc(N3C(C)COCC3C)c(NC(=O)c3ccncc3)c2)cc1. The molecule has 1 saturated heterocycles. The molecule has 0 radical (unpaired) electrons. The number of aryl methyl sites for hydroxylation is 1. The number of morpholine rings is 1. The molecule has 1 aromatic heterocycles. The van der Waals surface area contributed by atoms with Crippen molar-refractivity contribution in [2.24, 2.45) is 0 Å². The number of benzene rings is 2. The summed E-state index contributed by atoms with van der Waals surface area (Å²) >= 11 is 0. The van der Waals surface area contributed by atoms with Crippen LogP contribution in [0.4, 0.5) is 11.4 Å². The molecule has 198 valence electrons. The molecule has 0 saturated carbocycles. The van der Waals surface area contributed by atoms with Crippen molar-refractivity contribution < 1.29 is 24.2 Å². The quantitative estimate of drug-likeness (QED) is 0.410. The number of ether oxygens (including phenoxy) is 1. The molecule has 3 unspecified atom stereocenters. The summed E-state index contributed by atoms with van der Waals surface area (Å²) in [7, 11) is 0. The van der Waals surface area contributed by atoms with Gasteiger partial charge in [-0.25, -0.2) is 0 Å². The maximum atomic E-state index is 13.3. The predicted molar refractivity (Wildman–Crippen MR) is 144 cm³/mol. The zero-order valence-corrected chi connectivity index (χ0v) is 21.7. The van der Waals surface area contributed by atoms with Crippen LogP contribution in [0.15, 0.2) is 67.0 Å². The molecule has 3 atom stereocenters. The number of carboxylic acids is 1. The first kappa shape index (κ1) is 26.8. The third-order valence-electron chi connectivity index (χ3n) is 6.56. The second-order valence-electron chi connectivity index (χ2n) is 9.60. The Morgan fingerprint density at radius 1 is 0.974 bits per heavy atom. The Balaban J connectivity index is 1.66. The first-order chi connectivity index (χ1) is 18.2. The van der Waals surface area contributed by atoms with Gasteiger partial charge in [0.25, 0.3) is 11.8 Å². The Morgan fingerprint density at radius 2 is 1.63 bits per heavy atom. The van der Waals surface area contributed by atoms with E-state index in [0.29, 0.717) is 35.6 Å². The molecule has 1 fully saturated rings. The van der Waals surface area contributed by atoms with Crippen molar-refractivity contribution in [2.75, 3.05) is 23.4 Å². The third-order valence-corrected chi connectivity index (χ3v) is 6.56. The summed E-state index contributed by atoms with van der Waals surface area (Å²) in [5.74, 6) is -1.79. The topological polar surface area (TPSA) is 121 Å². The number of hydrogen-bond acceptors (Lipinski definition) is 6. The van der Waals surface area contributed by atoms with Crippen LogP contribution in [0.1, 0.15) is 58.2 Å². The maximum Gasteiger partial charge on any atom is 0.305 e. The number of carboxylic acid groups (broad SMARTS) is 1. The van der Waals surface area contributed by atoms with Crippen LogP contribution in [-0.2, 0) is 9.53 Å². The second-order valence-corrected chi connectivity index (χ2v) is 9.60. The molecule has 38 heavy (non-hydrogen) atoms. The van der Waals surface area contributed by atoms with Gasteiger partial charge in [0.2, 0.25) is 0 Å². The van der Waals surface area contributed by atoms with Gasteiger partial charge in [0.1, 0.15) is 0 Å². The lowest BCUT2D eigenvalue weighted by atomic mass is 10.0. The zero-order valence-electron chi connectivity index (χ0n) is 21.7. The van der Waals surface area contributed by atoms with Crippen LogP contribution in [-0.4, -0.2) is 53.2 Å². The molecule has 0 spiro atoms. The largest absolute Gasteiger partial charge is 0.481 e. The van der Waals surface area contributed by atoms with Gasteiger partial charge in [0.15, 0.2) is 0 Å². The molecule has 0 aliphatic carbocycles.